The Hall–Kier alpha value is -0.400. The van der Waals surface area contributed by atoms with Crippen LogP contribution in [0.25, 0.3) is 0 Å². The fraction of sp³-hybridized carbons (Fsp3) is 0.778. The van der Waals surface area contributed by atoms with Gasteiger partial charge in [0.15, 0.2) is 23.1 Å². The summed E-state index contributed by atoms with van der Waals surface area (Å²) in [5.41, 5.74) is 0. The topological polar surface area (TPSA) is 206 Å². The second-order valence-electron chi connectivity index (χ2n) is 6.72. The summed E-state index contributed by atoms with van der Waals surface area (Å²) in [4.78, 5) is 41.7. The predicted octanol–water partition coefficient (Wildman–Crippen LogP) is -1.33. The quantitative estimate of drug-likeness (QED) is 0.128. The van der Waals surface area contributed by atoms with Gasteiger partial charge in [0.25, 0.3) is 0 Å². The number of halogens is 4. The average Bonchev–Trinajstić information content (AvgIpc) is 3.37. The van der Waals surface area contributed by atoms with Crippen LogP contribution >= 0.6 is 63.7 Å². The van der Waals surface area contributed by atoms with Crippen molar-refractivity contribution in [3.63, 3.8) is 0 Å². The molecular weight excluding hydrogens is 744 g/mol. The second kappa shape index (κ2) is 17.2. The molecule has 3 aliphatic rings. The predicted molar refractivity (Wildman–Crippen MR) is 131 cm³/mol. The van der Waals surface area contributed by atoms with Gasteiger partial charge in [-0.05, 0) is 0 Å². The summed E-state index contributed by atoms with van der Waals surface area (Å²) in [7, 11) is 1.00. The normalized spacial score (nSPS) is 35.2. The van der Waals surface area contributed by atoms with E-state index in [4.69, 9.17) is 34.6 Å². The van der Waals surface area contributed by atoms with Crippen molar-refractivity contribution < 1.29 is 63.7 Å². The zero-order valence-electron chi connectivity index (χ0n) is 18.3. The molecule has 35 heavy (non-hydrogen) atoms. The lowest BCUT2D eigenvalue weighted by Crippen LogP contribution is -2.33. The van der Waals surface area contributed by atoms with Crippen LogP contribution in [0.4, 0.5) is 0 Å². The number of hydrogen-bond acceptors (Lipinski definition) is 13. The first-order valence-electron chi connectivity index (χ1n) is 9.68. The van der Waals surface area contributed by atoms with Gasteiger partial charge in [-0.3, -0.25) is 14.4 Å². The molecule has 0 aromatic carbocycles. The molecule has 3 fully saturated rings. The van der Waals surface area contributed by atoms with Crippen LogP contribution in [0.2, 0.25) is 0 Å². The van der Waals surface area contributed by atoms with Crippen LogP contribution in [0.5, 0.6) is 0 Å². The molecule has 0 unspecified atom stereocenters. The fourth-order valence-corrected chi connectivity index (χ4v) is 4.58. The van der Waals surface area contributed by atoms with Crippen LogP contribution in [0.3, 0.4) is 0 Å². The molecule has 0 aliphatic carbocycles. The Balaban J connectivity index is 0.000000483. The van der Waals surface area contributed by atoms with E-state index in [0.29, 0.717) is 10.7 Å². The third-order valence-corrected chi connectivity index (χ3v) is 7.41. The Morgan fingerprint density at radius 2 is 1.29 bits per heavy atom. The fourth-order valence-electron chi connectivity index (χ4n) is 2.56. The van der Waals surface area contributed by atoms with Gasteiger partial charge in [0.1, 0.15) is 29.2 Å². The SMILES string of the molecule is CC(=O)O[C@@H]1[C@H](Br)C(=O)O[C@@H]1CBr.CO.O=C1O[C@H](CBr)[C@H](O)[C@@H]1Br.O=C1O[C@H](CO)[C@H](O)[C@H]1O. The second-order valence-corrected chi connectivity index (χ2v) is 9.99. The molecular formula is C18H26Br4O13. The van der Waals surface area contributed by atoms with Gasteiger partial charge < -0.3 is 44.5 Å². The molecule has 0 aromatic rings. The highest BCUT2D eigenvalue weighted by molar-refractivity contribution is 9.10. The van der Waals surface area contributed by atoms with E-state index in [1.54, 1.807) is 0 Å². The van der Waals surface area contributed by atoms with Crippen molar-refractivity contribution in [3.05, 3.63) is 0 Å². The minimum Gasteiger partial charge on any atom is -0.458 e. The van der Waals surface area contributed by atoms with Crippen molar-refractivity contribution >= 4 is 87.6 Å². The molecule has 5 N–H and O–H groups in total. The van der Waals surface area contributed by atoms with Gasteiger partial charge in [-0.1, -0.05) is 63.7 Å². The Kier molecular flexibility index (Phi) is 17.0. The molecule has 3 aliphatic heterocycles. The summed E-state index contributed by atoms with van der Waals surface area (Å²) in [5, 5.41) is 43.2. The van der Waals surface area contributed by atoms with Crippen LogP contribution < -0.4 is 0 Å². The van der Waals surface area contributed by atoms with Gasteiger partial charge >= 0.3 is 23.9 Å². The summed E-state index contributed by atoms with van der Waals surface area (Å²) in [5.74, 6) is -2.09. The lowest BCUT2D eigenvalue weighted by Gasteiger charge is -2.15. The number of aliphatic hydroxyl groups is 5. The Morgan fingerprint density at radius 3 is 1.57 bits per heavy atom. The van der Waals surface area contributed by atoms with Crippen LogP contribution in [0.15, 0.2) is 0 Å². The van der Waals surface area contributed by atoms with Gasteiger partial charge in [-0.2, -0.15) is 0 Å². The molecule has 3 rings (SSSR count). The molecule has 17 heteroatoms. The minimum absolute atomic E-state index is 0.392. The highest BCUT2D eigenvalue weighted by atomic mass is 79.9. The third-order valence-electron chi connectivity index (χ3n) is 4.32. The van der Waals surface area contributed by atoms with E-state index < -0.39 is 82.9 Å². The van der Waals surface area contributed by atoms with Crippen LogP contribution in [0, 0.1) is 0 Å². The van der Waals surface area contributed by atoms with Crippen molar-refractivity contribution in [2.45, 2.75) is 59.3 Å². The Labute approximate surface area is 233 Å². The molecule has 3 saturated heterocycles. The molecule has 0 amide bonds. The molecule has 204 valence electrons. The Morgan fingerprint density at radius 1 is 0.829 bits per heavy atom. The highest BCUT2D eigenvalue weighted by Gasteiger charge is 2.45. The molecule has 0 aromatic heterocycles. The largest absolute Gasteiger partial charge is 0.458 e. The van der Waals surface area contributed by atoms with Gasteiger partial charge in [0, 0.05) is 24.7 Å². The van der Waals surface area contributed by atoms with E-state index in [1.807, 2.05) is 0 Å². The number of ether oxygens (including phenoxy) is 4. The van der Waals surface area contributed by atoms with Crippen molar-refractivity contribution in [2.75, 3.05) is 24.4 Å². The number of carbonyl (C=O) groups is 4. The summed E-state index contributed by atoms with van der Waals surface area (Å²) in [6, 6.07) is 0. The zero-order chi connectivity index (χ0) is 27.5. The first kappa shape index (κ1) is 34.6. The van der Waals surface area contributed by atoms with E-state index in [-0.39, 0.29) is 0 Å². The molecule has 3 heterocycles. The molecule has 0 saturated carbocycles. The maximum absolute atomic E-state index is 11.1. The summed E-state index contributed by atoms with van der Waals surface area (Å²) in [6.07, 6.45) is -5.84. The zero-order valence-corrected chi connectivity index (χ0v) is 24.7. The first-order chi connectivity index (χ1) is 16.4. The summed E-state index contributed by atoms with van der Waals surface area (Å²) in [6.45, 7) is 0.831. The van der Waals surface area contributed by atoms with E-state index >= 15 is 0 Å². The van der Waals surface area contributed by atoms with Crippen LogP contribution in [0.1, 0.15) is 6.92 Å². The third kappa shape index (κ3) is 10.1. The number of rotatable bonds is 4. The van der Waals surface area contributed by atoms with Crippen molar-refractivity contribution in [1.82, 2.24) is 0 Å². The lowest BCUT2D eigenvalue weighted by atomic mass is 10.1. The number of esters is 4. The number of carbonyl (C=O) groups excluding carboxylic acids is 4. The van der Waals surface area contributed by atoms with Crippen molar-refractivity contribution in [2.24, 2.45) is 0 Å². The maximum Gasteiger partial charge on any atom is 0.338 e. The average molecular weight is 770 g/mol. The first-order valence-corrected chi connectivity index (χ1v) is 13.7. The molecule has 0 spiro atoms. The van der Waals surface area contributed by atoms with Gasteiger partial charge in [-0.25, -0.2) is 4.79 Å². The van der Waals surface area contributed by atoms with E-state index in [9.17, 15) is 24.3 Å². The number of cyclic esters (lactones) is 3. The molecule has 0 radical (unpaired) electrons. The van der Waals surface area contributed by atoms with Gasteiger partial charge in [0.2, 0.25) is 0 Å². The monoisotopic (exact) mass is 766 g/mol. The van der Waals surface area contributed by atoms with E-state index in [0.717, 1.165) is 7.11 Å². The van der Waals surface area contributed by atoms with Crippen molar-refractivity contribution in [3.8, 4) is 0 Å². The number of alkyl halides is 4. The summed E-state index contributed by atoms with van der Waals surface area (Å²) < 4.78 is 19.0. The summed E-state index contributed by atoms with van der Waals surface area (Å²) >= 11 is 12.4. The lowest BCUT2D eigenvalue weighted by molar-refractivity contribution is -0.149. The molecule has 9 atom stereocenters. The highest BCUT2D eigenvalue weighted by Crippen LogP contribution is 2.26. The van der Waals surface area contributed by atoms with Gasteiger partial charge in [0.05, 0.1) is 6.61 Å². The van der Waals surface area contributed by atoms with E-state index in [1.165, 1.54) is 6.92 Å². The smallest absolute Gasteiger partial charge is 0.338 e. The van der Waals surface area contributed by atoms with E-state index in [2.05, 4.69) is 68.5 Å². The standard InChI is InChI=1S/C7H8Br2O4.C5H6Br2O3.C5H8O5.CH4O/c1-3(10)12-6-4(2-8)13-7(11)5(6)9;6-1-2-4(8)3(7)5(9)10-2;6-1-2-3(7)4(8)5(9)10-2;1-2/h4-6H,2H2,1H3;2-4,8H,1H2;2-4,6-8H,1H2;2H,1H3/t4-,5+,6+;2-,3+,4+;2-,3+,4-;/m111./s1. The molecule has 0 bridgehead atoms. The number of hydrogen-bond donors (Lipinski definition) is 5. The van der Waals surface area contributed by atoms with Crippen LogP contribution in [-0.4, -0.2) is 126 Å². The van der Waals surface area contributed by atoms with Crippen LogP contribution in [-0.2, 0) is 38.1 Å². The number of aliphatic hydroxyl groups excluding tert-OH is 5. The van der Waals surface area contributed by atoms with Gasteiger partial charge in [-0.15, -0.1) is 0 Å². The molecule has 13 nitrogen and oxygen atoms in total. The Bertz CT molecular complexity index is 678. The van der Waals surface area contributed by atoms with Crippen molar-refractivity contribution in [1.29, 1.82) is 0 Å². The maximum atomic E-state index is 11.1. The minimum atomic E-state index is -1.50.